The molecule has 1 aliphatic heterocycles. The van der Waals surface area contributed by atoms with Crippen LogP contribution in [0.1, 0.15) is 23.6 Å². The Hall–Kier alpha value is -1.64. The Labute approximate surface area is 121 Å². The van der Waals surface area contributed by atoms with E-state index < -0.39 is 0 Å². The molecule has 0 aliphatic carbocycles. The topological polar surface area (TPSA) is 12.5 Å². The van der Waals surface area contributed by atoms with Crippen LogP contribution in [0.25, 0.3) is 0 Å². The van der Waals surface area contributed by atoms with Crippen molar-refractivity contribution in [1.82, 2.24) is 4.90 Å². The zero-order chi connectivity index (χ0) is 13.6. The zero-order valence-electron chi connectivity index (χ0n) is 11.7. The molecule has 0 N–H and O–H groups in total. The third kappa shape index (κ3) is 3.27. The van der Waals surface area contributed by atoms with Crippen molar-refractivity contribution < 1.29 is 4.74 Å². The van der Waals surface area contributed by atoms with Gasteiger partial charge in [0.05, 0.1) is 6.61 Å². The van der Waals surface area contributed by atoms with Crippen LogP contribution in [0.15, 0.2) is 60.7 Å². The van der Waals surface area contributed by atoms with Crippen LogP contribution >= 0.6 is 0 Å². The number of nitrogens with zero attached hydrogens (tertiary/aromatic N) is 1. The molecule has 1 aliphatic rings. The van der Waals surface area contributed by atoms with E-state index in [0.29, 0.717) is 6.04 Å². The van der Waals surface area contributed by atoms with Gasteiger partial charge in [0.2, 0.25) is 0 Å². The largest absolute Gasteiger partial charge is 0.380 e. The van der Waals surface area contributed by atoms with Crippen LogP contribution in [0.3, 0.4) is 0 Å². The van der Waals surface area contributed by atoms with E-state index in [1.165, 1.54) is 11.1 Å². The lowest BCUT2D eigenvalue weighted by atomic mass is 10.0. The Morgan fingerprint density at radius 2 is 1.60 bits per heavy atom. The quantitative estimate of drug-likeness (QED) is 0.841. The average Bonchev–Trinajstić information content (AvgIpc) is 2.75. The molecular formula is C18H21NO. The number of rotatable bonds is 3. The molecule has 0 amide bonds. The minimum atomic E-state index is 0.457. The van der Waals surface area contributed by atoms with Crippen LogP contribution in [0, 0.1) is 0 Å². The van der Waals surface area contributed by atoms with Crippen molar-refractivity contribution in [3.63, 3.8) is 0 Å². The fourth-order valence-electron chi connectivity index (χ4n) is 2.88. The van der Waals surface area contributed by atoms with Crippen molar-refractivity contribution in [3.8, 4) is 0 Å². The molecular weight excluding hydrogens is 246 g/mol. The summed E-state index contributed by atoms with van der Waals surface area (Å²) in [4.78, 5) is 2.54. The van der Waals surface area contributed by atoms with Crippen molar-refractivity contribution in [2.45, 2.75) is 19.0 Å². The molecule has 2 nitrogen and oxygen atoms in total. The standard InChI is InChI=1S/C18H21NO/c1-3-7-16(8-4-1)15-19-12-14-20-13-11-18(19)17-9-5-2-6-10-17/h1-10,18H,11-15H2. The molecule has 0 radical (unpaired) electrons. The summed E-state index contributed by atoms with van der Waals surface area (Å²) >= 11 is 0. The summed E-state index contributed by atoms with van der Waals surface area (Å²) in [5.74, 6) is 0. The van der Waals surface area contributed by atoms with Gasteiger partial charge in [-0.3, -0.25) is 4.90 Å². The van der Waals surface area contributed by atoms with Gasteiger partial charge in [0.1, 0.15) is 0 Å². The molecule has 1 saturated heterocycles. The molecule has 2 aromatic rings. The smallest absolute Gasteiger partial charge is 0.0593 e. The molecule has 104 valence electrons. The van der Waals surface area contributed by atoms with E-state index in [2.05, 4.69) is 65.6 Å². The van der Waals surface area contributed by atoms with Gasteiger partial charge in [-0.1, -0.05) is 60.7 Å². The normalized spacial score (nSPS) is 20.5. The molecule has 1 heterocycles. The third-order valence-electron chi connectivity index (χ3n) is 3.91. The van der Waals surface area contributed by atoms with Crippen LogP contribution < -0.4 is 0 Å². The van der Waals surface area contributed by atoms with Crippen LogP contribution in [0.2, 0.25) is 0 Å². The zero-order valence-corrected chi connectivity index (χ0v) is 11.7. The van der Waals surface area contributed by atoms with Gasteiger partial charge in [0.15, 0.2) is 0 Å². The molecule has 1 atom stereocenters. The van der Waals surface area contributed by atoms with Crippen LogP contribution in [-0.2, 0) is 11.3 Å². The molecule has 2 aromatic carbocycles. The molecule has 0 spiro atoms. The Morgan fingerprint density at radius 1 is 0.900 bits per heavy atom. The van der Waals surface area contributed by atoms with E-state index in [-0.39, 0.29) is 0 Å². The Kier molecular flexibility index (Phi) is 4.46. The summed E-state index contributed by atoms with van der Waals surface area (Å²) in [5, 5.41) is 0. The highest BCUT2D eigenvalue weighted by Crippen LogP contribution is 2.27. The van der Waals surface area contributed by atoms with Crippen molar-refractivity contribution in [2.24, 2.45) is 0 Å². The summed E-state index contributed by atoms with van der Waals surface area (Å²) in [7, 11) is 0. The number of hydrogen-bond donors (Lipinski definition) is 0. The van der Waals surface area contributed by atoms with Gasteiger partial charge in [-0.2, -0.15) is 0 Å². The van der Waals surface area contributed by atoms with Gasteiger partial charge in [-0.05, 0) is 17.5 Å². The molecule has 2 heteroatoms. The predicted molar refractivity (Wildman–Crippen MR) is 81.5 cm³/mol. The van der Waals surface area contributed by atoms with E-state index in [9.17, 15) is 0 Å². The molecule has 1 fully saturated rings. The summed E-state index contributed by atoms with van der Waals surface area (Å²) < 4.78 is 5.67. The SMILES string of the molecule is c1ccc(CN2CCOCCC2c2ccccc2)cc1. The second-order valence-electron chi connectivity index (χ2n) is 5.28. The number of benzene rings is 2. The first-order valence-corrected chi connectivity index (χ1v) is 7.34. The third-order valence-corrected chi connectivity index (χ3v) is 3.91. The maximum absolute atomic E-state index is 5.67. The first-order valence-electron chi connectivity index (χ1n) is 7.34. The minimum Gasteiger partial charge on any atom is -0.380 e. The number of hydrogen-bond acceptors (Lipinski definition) is 2. The van der Waals surface area contributed by atoms with E-state index >= 15 is 0 Å². The van der Waals surface area contributed by atoms with Crippen molar-refractivity contribution in [3.05, 3.63) is 71.8 Å². The van der Waals surface area contributed by atoms with Gasteiger partial charge in [0, 0.05) is 25.7 Å². The second-order valence-corrected chi connectivity index (χ2v) is 5.28. The van der Waals surface area contributed by atoms with Gasteiger partial charge in [-0.25, -0.2) is 0 Å². The fourth-order valence-corrected chi connectivity index (χ4v) is 2.88. The lowest BCUT2D eigenvalue weighted by Gasteiger charge is -2.29. The van der Waals surface area contributed by atoms with Gasteiger partial charge in [-0.15, -0.1) is 0 Å². The average molecular weight is 267 g/mol. The van der Waals surface area contributed by atoms with Crippen molar-refractivity contribution >= 4 is 0 Å². The molecule has 0 aromatic heterocycles. The molecule has 3 rings (SSSR count). The van der Waals surface area contributed by atoms with Crippen molar-refractivity contribution in [2.75, 3.05) is 19.8 Å². The maximum Gasteiger partial charge on any atom is 0.0593 e. The number of ether oxygens (including phenoxy) is 1. The summed E-state index contributed by atoms with van der Waals surface area (Å²) in [6.07, 6.45) is 1.07. The monoisotopic (exact) mass is 267 g/mol. The highest BCUT2D eigenvalue weighted by Gasteiger charge is 2.22. The molecule has 0 saturated carbocycles. The maximum atomic E-state index is 5.67. The van der Waals surface area contributed by atoms with Gasteiger partial charge < -0.3 is 4.74 Å². The Balaban J connectivity index is 1.81. The predicted octanol–water partition coefficient (Wildman–Crippen LogP) is 3.65. The molecule has 20 heavy (non-hydrogen) atoms. The van der Waals surface area contributed by atoms with E-state index in [1.54, 1.807) is 0 Å². The summed E-state index contributed by atoms with van der Waals surface area (Å²) in [6, 6.07) is 22.0. The van der Waals surface area contributed by atoms with Gasteiger partial charge >= 0.3 is 0 Å². The fraction of sp³-hybridized carbons (Fsp3) is 0.333. The summed E-state index contributed by atoms with van der Waals surface area (Å²) in [6.45, 7) is 3.67. The van der Waals surface area contributed by atoms with Gasteiger partial charge in [0.25, 0.3) is 0 Å². The first kappa shape index (κ1) is 13.3. The minimum absolute atomic E-state index is 0.457. The highest BCUT2D eigenvalue weighted by molar-refractivity contribution is 5.20. The van der Waals surface area contributed by atoms with Crippen LogP contribution in [0.4, 0.5) is 0 Å². The lowest BCUT2D eigenvalue weighted by Crippen LogP contribution is -2.29. The Morgan fingerprint density at radius 3 is 2.35 bits per heavy atom. The van der Waals surface area contributed by atoms with Crippen LogP contribution in [-0.4, -0.2) is 24.7 Å². The van der Waals surface area contributed by atoms with Crippen molar-refractivity contribution in [1.29, 1.82) is 0 Å². The molecule has 1 unspecified atom stereocenters. The van der Waals surface area contributed by atoms with Crippen LogP contribution in [0.5, 0.6) is 0 Å². The highest BCUT2D eigenvalue weighted by atomic mass is 16.5. The first-order chi connectivity index (χ1) is 9.93. The lowest BCUT2D eigenvalue weighted by molar-refractivity contribution is 0.139. The van der Waals surface area contributed by atoms with E-state index in [4.69, 9.17) is 4.74 Å². The molecule has 0 bridgehead atoms. The second kappa shape index (κ2) is 6.69. The van der Waals surface area contributed by atoms with E-state index in [0.717, 1.165) is 32.7 Å². The van der Waals surface area contributed by atoms with E-state index in [1.807, 2.05) is 0 Å². The Bertz CT molecular complexity index is 511. The summed E-state index contributed by atoms with van der Waals surface area (Å²) in [5.41, 5.74) is 2.77.